The van der Waals surface area contributed by atoms with E-state index in [1.165, 1.54) is 19.3 Å². The standard InChI is InChI=1S/C85H134O17P2/c1-5-9-13-17-21-25-29-33-37-39-43-46-50-54-58-62-66-70-83(88)96-76-81(102-85(90)72-68-64-60-56-52-48-44-40-38-34-30-26-22-18-14-10-6-2)78-100-104(93,94)98-74-79(86)73-97-103(91,92)99-77-80(101-84(89)71-67-63-59-55-51-47-42-36-32-28-24-20-16-12-8-4)75-95-82(87)69-65-61-57-53-49-45-41-35-31-27-23-19-15-11-7-3/h9-11,13-15,21-28,33-38,41-44,46,48-49,53-54,56,58,60,79-81,86H,5-8,12,16-20,29-32,39-40,45,47,50-52,55,57,59,61-78H2,1-4H3,(H,91,92)(H,93,94)/b13-9-,14-10-,15-11-,25-21-,26-22-,27-23-,28-24-,37-33-,38-34-,41-35-,42-36-,46-43-,48-44-,53-49-,58-54-,60-56-. The van der Waals surface area contributed by atoms with E-state index in [1.807, 2.05) is 24.3 Å². The van der Waals surface area contributed by atoms with Crippen LogP contribution in [0.15, 0.2) is 194 Å². The molecule has 19 heteroatoms. The zero-order valence-corrected chi connectivity index (χ0v) is 65.6. The third-order valence-corrected chi connectivity index (χ3v) is 16.9. The molecular formula is C85H134O17P2. The average Bonchev–Trinajstić information content (AvgIpc) is 0.926. The molecule has 0 heterocycles. The minimum Gasteiger partial charge on any atom is -0.462 e. The number of unbranched alkanes of at least 4 members (excludes halogenated alkanes) is 12. The van der Waals surface area contributed by atoms with Gasteiger partial charge >= 0.3 is 39.5 Å². The topological polar surface area (TPSA) is 237 Å². The highest BCUT2D eigenvalue weighted by Gasteiger charge is 2.30. The summed E-state index contributed by atoms with van der Waals surface area (Å²) >= 11 is 0. The first kappa shape index (κ1) is 97.9. The predicted molar refractivity (Wildman–Crippen MR) is 426 cm³/mol. The number of phosphoric ester groups is 2. The van der Waals surface area contributed by atoms with E-state index in [-0.39, 0.29) is 25.7 Å². The van der Waals surface area contributed by atoms with Crippen LogP contribution in [0, 0.1) is 0 Å². The molecule has 0 radical (unpaired) electrons. The number of esters is 4. The molecule has 586 valence electrons. The van der Waals surface area contributed by atoms with Gasteiger partial charge in [0.25, 0.3) is 0 Å². The molecule has 5 atom stereocenters. The van der Waals surface area contributed by atoms with Crippen LogP contribution in [0.5, 0.6) is 0 Å². The van der Waals surface area contributed by atoms with Gasteiger partial charge in [-0.15, -0.1) is 0 Å². The Morgan fingerprint density at radius 3 is 0.837 bits per heavy atom. The summed E-state index contributed by atoms with van der Waals surface area (Å²) in [6.07, 6.45) is 91.5. The van der Waals surface area contributed by atoms with Crippen molar-refractivity contribution in [2.75, 3.05) is 39.6 Å². The molecule has 0 rings (SSSR count). The van der Waals surface area contributed by atoms with Crippen LogP contribution in [0.25, 0.3) is 0 Å². The molecule has 0 aliphatic rings. The summed E-state index contributed by atoms with van der Waals surface area (Å²) in [5, 5.41) is 10.6. The molecule has 0 saturated carbocycles. The summed E-state index contributed by atoms with van der Waals surface area (Å²) in [4.78, 5) is 72.9. The molecule has 17 nitrogen and oxygen atoms in total. The molecule has 0 amide bonds. The molecule has 5 unspecified atom stereocenters. The van der Waals surface area contributed by atoms with E-state index in [0.29, 0.717) is 38.5 Å². The van der Waals surface area contributed by atoms with Crippen molar-refractivity contribution >= 4 is 39.5 Å². The number of aliphatic hydroxyl groups is 1. The monoisotopic (exact) mass is 1490 g/mol. The van der Waals surface area contributed by atoms with E-state index < -0.39 is 97.5 Å². The Balaban J connectivity index is 5.54. The Hall–Kier alpha value is -6.10. The number of ether oxygens (including phenoxy) is 4. The van der Waals surface area contributed by atoms with Crippen molar-refractivity contribution in [2.45, 2.75) is 277 Å². The quantitative estimate of drug-likeness (QED) is 0.0169. The van der Waals surface area contributed by atoms with Gasteiger partial charge in [-0.2, -0.15) is 0 Å². The van der Waals surface area contributed by atoms with Gasteiger partial charge in [-0.1, -0.05) is 254 Å². The second-order valence-corrected chi connectivity index (χ2v) is 27.7. The lowest BCUT2D eigenvalue weighted by atomic mass is 10.1. The number of aliphatic hydroxyl groups excluding tert-OH is 1. The first-order valence-corrected chi connectivity index (χ1v) is 41.7. The molecule has 104 heavy (non-hydrogen) atoms. The van der Waals surface area contributed by atoms with Crippen LogP contribution in [0.1, 0.15) is 259 Å². The number of phosphoric acid groups is 2. The lowest BCUT2D eigenvalue weighted by Gasteiger charge is -2.21. The fourth-order valence-corrected chi connectivity index (χ4v) is 10.8. The molecule has 0 aromatic rings. The van der Waals surface area contributed by atoms with Gasteiger partial charge in [-0.25, -0.2) is 9.13 Å². The lowest BCUT2D eigenvalue weighted by molar-refractivity contribution is -0.161. The van der Waals surface area contributed by atoms with Crippen LogP contribution >= 0.6 is 15.6 Å². The second-order valence-electron chi connectivity index (χ2n) is 24.8. The summed E-state index contributed by atoms with van der Waals surface area (Å²) in [6.45, 7) is 4.27. The molecule has 0 aromatic heterocycles. The fourth-order valence-electron chi connectivity index (χ4n) is 9.25. The number of hydrogen-bond donors (Lipinski definition) is 3. The van der Waals surface area contributed by atoms with E-state index in [4.69, 9.17) is 37.0 Å². The highest BCUT2D eigenvalue weighted by atomic mass is 31.2. The first-order chi connectivity index (χ1) is 50.7. The fraction of sp³-hybridized carbons (Fsp3) is 0.576. The van der Waals surface area contributed by atoms with Gasteiger partial charge in [-0.3, -0.25) is 37.3 Å². The Bertz CT molecular complexity index is 2740. The Morgan fingerprint density at radius 1 is 0.279 bits per heavy atom. The minimum atomic E-state index is -5.02. The molecule has 0 fully saturated rings. The van der Waals surface area contributed by atoms with Crippen molar-refractivity contribution < 1.29 is 80.2 Å². The predicted octanol–water partition coefficient (Wildman–Crippen LogP) is 22.5. The zero-order valence-electron chi connectivity index (χ0n) is 63.9. The Morgan fingerprint density at radius 2 is 0.510 bits per heavy atom. The van der Waals surface area contributed by atoms with Crippen molar-refractivity contribution in [3.8, 4) is 0 Å². The third kappa shape index (κ3) is 74.2. The van der Waals surface area contributed by atoms with Gasteiger partial charge in [0.1, 0.15) is 19.3 Å². The highest BCUT2D eigenvalue weighted by molar-refractivity contribution is 7.47. The SMILES string of the molecule is CC/C=C\C/C=C\C/C=C\C/C=C\C/C=C\CCCC(=O)OCC(COP(=O)(O)OCC(O)COP(=O)(O)OCC(COC(=O)CCCC/C=C\C/C=C\C/C=C\C/C=C\CC)OC(=O)CCCCCCC/C=C\C/C=C\CCCCC)OC(=O)CCC/C=C\C/C=C\C/C=C\C/C=C\C/C=C\CC. The number of rotatable bonds is 70. The molecule has 0 aromatic carbocycles. The maximum atomic E-state index is 13.1. The Labute approximate surface area is 627 Å². The van der Waals surface area contributed by atoms with Crippen LogP contribution in [0.4, 0.5) is 0 Å². The molecular weight excluding hydrogens is 1350 g/mol. The normalized spacial score (nSPS) is 15.0. The van der Waals surface area contributed by atoms with Crippen molar-refractivity contribution in [3.05, 3.63) is 194 Å². The van der Waals surface area contributed by atoms with Gasteiger partial charge in [0.15, 0.2) is 12.2 Å². The van der Waals surface area contributed by atoms with Gasteiger partial charge in [0.05, 0.1) is 26.4 Å². The van der Waals surface area contributed by atoms with Gasteiger partial charge < -0.3 is 33.8 Å². The maximum absolute atomic E-state index is 13.1. The summed E-state index contributed by atoms with van der Waals surface area (Å²) in [5.41, 5.74) is 0. The van der Waals surface area contributed by atoms with Crippen molar-refractivity contribution in [2.24, 2.45) is 0 Å². The van der Waals surface area contributed by atoms with Crippen LogP contribution in [0.3, 0.4) is 0 Å². The van der Waals surface area contributed by atoms with Crippen LogP contribution < -0.4 is 0 Å². The van der Waals surface area contributed by atoms with Gasteiger partial charge in [0.2, 0.25) is 0 Å². The van der Waals surface area contributed by atoms with Crippen LogP contribution in [0.2, 0.25) is 0 Å². The number of carbonyl (C=O) groups excluding carboxylic acids is 4. The average molecular weight is 1490 g/mol. The first-order valence-electron chi connectivity index (χ1n) is 38.7. The second kappa shape index (κ2) is 75.1. The molecule has 0 saturated heterocycles. The van der Waals surface area contributed by atoms with E-state index >= 15 is 0 Å². The summed E-state index contributed by atoms with van der Waals surface area (Å²) in [6, 6.07) is 0. The van der Waals surface area contributed by atoms with Gasteiger partial charge in [-0.05, 0) is 173 Å². The molecule has 0 aliphatic carbocycles. The largest absolute Gasteiger partial charge is 0.472 e. The Kier molecular flexibility index (Phi) is 70.7. The van der Waals surface area contributed by atoms with Crippen molar-refractivity contribution in [1.82, 2.24) is 0 Å². The number of allylic oxidation sites excluding steroid dienone is 32. The minimum absolute atomic E-state index is 0.00519. The van der Waals surface area contributed by atoms with Crippen LogP contribution in [-0.2, 0) is 65.4 Å². The lowest BCUT2D eigenvalue weighted by Crippen LogP contribution is -2.30. The summed E-state index contributed by atoms with van der Waals surface area (Å²) in [7, 11) is -10.0. The third-order valence-electron chi connectivity index (χ3n) is 15.0. The van der Waals surface area contributed by atoms with Crippen molar-refractivity contribution in [3.63, 3.8) is 0 Å². The highest BCUT2D eigenvalue weighted by Crippen LogP contribution is 2.45. The van der Waals surface area contributed by atoms with E-state index in [0.717, 1.165) is 148 Å². The maximum Gasteiger partial charge on any atom is 0.472 e. The number of carbonyl (C=O) groups is 4. The van der Waals surface area contributed by atoms with E-state index in [2.05, 4.69) is 198 Å². The van der Waals surface area contributed by atoms with Crippen molar-refractivity contribution in [1.29, 1.82) is 0 Å². The van der Waals surface area contributed by atoms with Crippen LogP contribution in [-0.4, -0.2) is 96.7 Å². The summed E-state index contributed by atoms with van der Waals surface area (Å²) < 4.78 is 68.4. The zero-order chi connectivity index (χ0) is 76.0. The molecule has 0 spiro atoms. The van der Waals surface area contributed by atoms with Gasteiger partial charge in [0, 0.05) is 25.7 Å². The molecule has 0 aliphatic heterocycles. The van der Waals surface area contributed by atoms with E-state index in [1.54, 1.807) is 0 Å². The molecule has 3 N–H and O–H groups in total. The number of hydrogen-bond acceptors (Lipinski definition) is 15. The summed E-state index contributed by atoms with van der Waals surface area (Å²) in [5.74, 6) is -2.40. The van der Waals surface area contributed by atoms with E-state index in [9.17, 15) is 43.2 Å². The molecule has 0 bridgehead atoms. The smallest absolute Gasteiger partial charge is 0.462 e.